The number of benzene rings is 2. The van der Waals surface area contributed by atoms with E-state index in [0.717, 1.165) is 15.7 Å². The summed E-state index contributed by atoms with van der Waals surface area (Å²) in [5, 5.41) is 5.49. The monoisotopic (exact) mass is 358 g/mol. The van der Waals surface area contributed by atoms with Crippen LogP contribution in [-0.4, -0.2) is 6.03 Å². The van der Waals surface area contributed by atoms with Gasteiger partial charge < -0.3 is 10.6 Å². The molecule has 2 aromatic rings. The number of carbonyl (C=O) groups excluding carboxylic acids is 1. The van der Waals surface area contributed by atoms with E-state index >= 15 is 0 Å². The minimum absolute atomic E-state index is 0.261. The predicted molar refractivity (Wildman–Crippen MR) is 95.9 cm³/mol. The minimum atomic E-state index is -0.261. The zero-order chi connectivity index (χ0) is 15.9. The Kier molecular flexibility index (Phi) is 5.78. The van der Waals surface area contributed by atoms with Gasteiger partial charge in [0.25, 0.3) is 0 Å². The Hall–Kier alpha value is -2.07. The van der Waals surface area contributed by atoms with Gasteiger partial charge in [0.1, 0.15) is 0 Å². The standard InChI is InChI=1S/C18H19BrN2O/c1-13(2)15-6-8-17(9-7-15)21-18(22)20-11-10-14-4-3-5-16(19)12-14/h3-13H,1-2H3,(H2,20,21,22)/b11-10+. The maximum absolute atomic E-state index is 11.8. The number of anilines is 1. The minimum Gasteiger partial charge on any atom is -0.314 e. The first-order valence-corrected chi connectivity index (χ1v) is 7.93. The van der Waals surface area contributed by atoms with Gasteiger partial charge in [-0.2, -0.15) is 0 Å². The summed E-state index contributed by atoms with van der Waals surface area (Å²) < 4.78 is 1.00. The number of urea groups is 1. The van der Waals surface area contributed by atoms with Crippen molar-refractivity contribution in [1.82, 2.24) is 5.32 Å². The molecule has 0 aliphatic rings. The first-order valence-electron chi connectivity index (χ1n) is 7.14. The molecule has 2 amide bonds. The highest BCUT2D eigenvalue weighted by molar-refractivity contribution is 9.10. The average Bonchev–Trinajstić information content (AvgIpc) is 2.48. The molecule has 0 saturated carbocycles. The normalized spacial score (nSPS) is 10.9. The lowest BCUT2D eigenvalue weighted by molar-refractivity contribution is 0.255. The molecule has 0 spiro atoms. The van der Waals surface area contributed by atoms with Gasteiger partial charge in [0, 0.05) is 16.4 Å². The highest BCUT2D eigenvalue weighted by Crippen LogP contribution is 2.17. The molecule has 0 radical (unpaired) electrons. The quantitative estimate of drug-likeness (QED) is 0.758. The summed E-state index contributed by atoms with van der Waals surface area (Å²) in [4.78, 5) is 11.8. The Balaban J connectivity index is 1.87. The summed E-state index contributed by atoms with van der Waals surface area (Å²) in [6, 6.07) is 15.4. The topological polar surface area (TPSA) is 41.1 Å². The largest absolute Gasteiger partial charge is 0.323 e. The van der Waals surface area contributed by atoms with E-state index in [1.54, 1.807) is 6.20 Å². The number of hydrogen-bond donors (Lipinski definition) is 2. The first kappa shape index (κ1) is 16.3. The van der Waals surface area contributed by atoms with E-state index in [1.165, 1.54) is 5.56 Å². The van der Waals surface area contributed by atoms with Crippen molar-refractivity contribution in [2.75, 3.05) is 5.32 Å². The number of rotatable bonds is 4. The Labute approximate surface area is 139 Å². The van der Waals surface area contributed by atoms with Gasteiger partial charge in [-0.1, -0.05) is 54.0 Å². The van der Waals surface area contributed by atoms with Crippen LogP contribution in [0.2, 0.25) is 0 Å². The van der Waals surface area contributed by atoms with Crippen molar-refractivity contribution in [2.45, 2.75) is 19.8 Å². The van der Waals surface area contributed by atoms with Crippen LogP contribution in [0.4, 0.5) is 10.5 Å². The van der Waals surface area contributed by atoms with E-state index in [-0.39, 0.29) is 6.03 Å². The summed E-state index contributed by atoms with van der Waals surface area (Å²) >= 11 is 3.41. The Morgan fingerprint density at radius 2 is 1.86 bits per heavy atom. The molecule has 0 heterocycles. The van der Waals surface area contributed by atoms with Gasteiger partial charge in [0.15, 0.2) is 0 Å². The Bertz CT molecular complexity index is 663. The zero-order valence-corrected chi connectivity index (χ0v) is 14.2. The molecule has 2 N–H and O–H groups in total. The summed E-state index contributed by atoms with van der Waals surface area (Å²) in [5.41, 5.74) is 3.04. The van der Waals surface area contributed by atoms with E-state index in [9.17, 15) is 4.79 Å². The molecular formula is C18H19BrN2O. The molecule has 3 nitrogen and oxygen atoms in total. The number of halogens is 1. The van der Waals surface area contributed by atoms with Crippen LogP contribution in [0, 0.1) is 0 Å². The predicted octanol–water partition coefficient (Wildman–Crippen LogP) is 5.36. The van der Waals surface area contributed by atoms with Crippen molar-refractivity contribution in [3.63, 3.8) is 0 Å². The van der Waals surface area contributed by atoms with Crippen LogP contribution in [-0.2, 0) is 0 Å². The fraction of sp³-hybridized carbons (Fsp3) is 0.167. The van der Waals surface area contributed by atoms with Crippen LogP contribution >= 0.6 is 15.9 Å². The van der Waals surface area contributed by atoms with Crippen molar-refractivity contribution in [2.24, 2.45) is 0 Å². The van der Waals surface area contributed by atoms with Crippen LogP contribution in [0.5, 0.6) is 0 Å². The smallest absolute Gasteiger partial charge is 0.314 e. The molecule has 0 fully saturated rings. The Morgan fingerprint density at radius 3 is 2.50 bits per heavy atom. The molecule has 0 atom stereocenters. The number of amides is 2. The molecule has 0 aliphatic carbocycles. The molecule has 4 heteroatoms. The van der Waals surface area contributed by atoms with Crippen molar-refractivity contribution >= 4 is 33.7 Å². The second kappa shape index (κ2) is 7.80. The summed E-state index contributed by atoms with van der Waals surface area (Å²) in [5.74, 6) is 0.482. The van der Waals surface area contributed by atoms with Crippen LogP contribution in [0.15, 0.2) is 59.2 Å². The lowest BCUT2D eigenvalue weighted by Crippen LogP contribution is -2.23. The van der Waals surface area contributed by atoms with Crippen LogP contribution in [0.25, 0.3) is 6.08 Å². The van der Waals surface area contributed by atoms with Crippen LogP contribution in [0.3, 0.4) is 0 Å². The van der Waals surface area contributed by atoms with Crippen molar-refractivity contribution in [3.8, 4) is 0 Å². The molecule has 0 unspecified atom stereocenters. The van der Waals surface area contributed by atoms with Gasteiger partial charge in [-0.25, -0.2) is 4.79 Å². The van der Waals surface area contributed by atoms with Crippen LogP contribution < -0.4 is 10.6 Å². The molecule has 114 valence electrons. The lowest BCUT2D eigenvalue weighted by Gasteiger charge is -2.08. The van der Waals surface area contributed by atoms with Gasteiger partial charge in [0.05, 0.1) is 0 Å². The zero-order valence-electron chi connectivity index (χ0n) is 12.6. The van der Waals surface area contributed by atoms with Gasteiger partial charge in [0.2, 0.25) is 0 Å². The third kappa shape index (κ3) is 5.04. The number of nitrogens with one attached hydrogen (secondary N) is 2. The average molecular weight is 359 g/mol. The third-order valence-electron chi connectivity index (χ3n) is 3.17. The van der Waals surface area contributed by atoms with Gasteiger partial charge in [-0.3, -0.25) is 0 Å². The summed E-state index contributed by atoms with van der Waals surface area (Å²) in [6.07, 6.45) is 3.46. The van der Waals surface area contributed by atoms with Gasteiger partial charge in [-0.15, -0.1) is 0 Å². The van der Waals surface area contributed by atoms with E-state index in [0.29, 0.717) is 5.92 Å². The molecule has 0 aromatic heterocycles. The van der Waals surface area contributed by atoms with E-state index in [4.69, 9.17) is 0 Å². The van der Waals surface area contributed by atoms with Crippen molar-refractivity contribution in [1.29, 1.82) is 0 Å². The second-order valence-electron chi connectivity index (χ2n) is 5.26. The van der Waals surface area contributed by atoms with E-state index in [1.807, 2.05) is 54.6 Å². The Morgan fingerprint density at radius 1 is 1.14 bits per heavy atom. The van der Waals surface area contributed by atoms with E-state index < -0.39 is 0 Å². The molecule has 0 saturated heterocycles. The summed E-state index contributed by atoms with van der Waals surface area (Å²) in [7, 11) is 0. The fourth-order valence-corrected chi connectivity index (χ4v) is 2.36. The van der Waals surface area contributed by atoms with Gasteiger partial charge >= 0.3 is 6.03 Å². The highest BCUT2D eigenvalue weighted by Gasteiger charge is 2.01. The first-order chi connectivity index (χ1) is 10.5. The highest BCUT2D eigenvalue weighted by atomic mass is 79.9. The molecule has 0 bridgehead atoms. The lowest BCUT2D eigenvalue weighted by atomic mass is 10.0. The SMILES string of the molecule is CC(C)c1ccc(NC(=O)N/C=C/c2cccc(Br)c2)cc1. The second-order valence-corrected chi connectivity index (χ2v) is 6.18. The molecule has 22 heavy (non-hydrogen) atoms. The van der Waals surface area contributed by atoms with Crippen molar-refractivity contribution < 1.29 is 4.79 Å². The van der Waals surface area contributed by atoms with Gasteiger partial charge in [-0.05, 0) is 47.4 Å². The third-order valence-corrected chi connectivity index (χ3v) is 3.67. The maximum atomic E-state index is 11.8. The molecule has 2 rings (SSSR count). The molecule has 2 aromatic carbocycles. The van der Waals surface area contributed by atoms with Crippen molar-refractivity contribution in [3.05, 3.63) is 70.3 Å². The fourth-order valence-electron chi connectivity index (χ4n) is 1.94. The maximum Gasteiger partial charge on any atom is 0.323 e. The number of carbonyl (C=O) groups is 1. The summed E-state index contributed by atoms with van der Waals surface area (Å²) in [6.45, 7) is 4.28. The molecular weight excluding hydrogens is 340 g/mol. The molecule has 0 aliphatic heterocycles. The van der Waals surface area contributed by atoms with E-state index in [2.05, 4.69) is 40.4 Å². The number of hydrogen-bond acceptors (Lipinski definition) is 1. The van der Waals surface area contributed by atoms with Crippen LogP contribution in [0.1, 0.15) is 30.9 Å².